The summed E-state index contributed by atoms with van der Waals surface area (Å²) < 4.78 is 7.08. The molecule has 0 saturated heterocycles. The van der Waals surface area contributed by atoms with E-state index in [0.717, 1.165) is 22.6 Å². The van der Waals surface area contributed by atoms with E-state index in [9.17, 15) is 4.79 Å². The molecule has 25 heavy (non-hydrogen) atoms. The molecule has 0 saturated carbocycles. The lowest BCUT2D eigenvalue weighted by molar-refractivity contribution is -0.116. The van der Waals surface area contributed by atoms with Crippen LogP contribution in [-0.4, -0.2) is 32.8 Å². The molecule has 3 heterocycles. The number of aromatic nitrogens is 4. The summed E-state index contributed by atoms with van der Waals surface area (Å²) in [7, 11) is 1.64. The highest BCUT2D eigenvalue weighted by atomic mass is 16.5. The van der Waals surface area contributed by atoms with Gasteiger partial charge in [0.15, 0.2) is 0 Å². The number of aryl methyl sites for hydroxylation is 1. The number of hydrogen-bond donors (Lipinski definition) is 1. The van der Waals surface area contributed by atoms with Gasteiger partial charge in [0.05, 0.1) is 12.8 Å². The maximum absolute atomic E-state index is 12.4. The number of fused-ring (bicyclic) bond motifs is 1. The Balaban J connectivity index is 1.90. The van der Waals surface area contributed by atoms with Gasteiger partial charge in [-0.2, -0.15) is 9.78 Å². The van der Waals surface area contributed by atoms with E-state index in [1.165, 1.54) is 0 Å². The van der Waals surface area contributed by atoms with Crippen LogP contribution in [0.25, 0.3) is 5.95 Å². The molecule has 1 amide bonds. The summed E-state index contributed by atoms with van der Waals surface area (Å²) in [5.74, 6) is 1.61. The quantitative estimate of drug-likeness (QED) is 0.795. The smallest absolute Gasteiger partial charge is 0.252 e. The molecule has 7 nitrogen and oxygen atoms in total. The van der Waals surface area contributed by atoms with Crippen molar-refractivity contribution in [3.8, 4) is 11.7 Å². The van der Waals surface area contributed by atoms with Gasteiger partial charge in [-0.3, -0.25) is 4.79 Å². The van der Waals surface area contributed by atoms with Crippen LogP contribution in [0, 0.1) is 6.92 Å². The van der Waals surface area contributed by atoms with E-state index >= 15 is 0 Å². The van der Waals surface area contributed by atoms with Crippen molar-refractivity contribution in [1.82, 2.24) is 19.7 Å². The number of para-hydroxylation sites is 1. The molecule has 0 unspecified atom stereocenters. The summed E-state index contributed by atoms with van der Waals surface area (Å²) >= 11 is 0. The van der Waals surface area contributed by atoms with Gasteiger partial charge in [-0.05, 0) is 19.1 Å². The number of benzene rings is 1. The number of amides is 1. The highest BCUT2D eigenvalue weighted by Gasteiger charge is 2.34. The third-order valence-corrected chi connectivity index (χ3v) is 4.36. The van der Waals surface area contributed by atoms with Crippen molar-refractivity contribution in [1.29, 1.82) is 0 Å². The van der Waals surface area contributed by atoms with Gasteiger partial charge >= 0.3 is 0 Å². The number of anilines is 1. The van der Waals surface area contributed by atoms with Crippen molar-refractivity contribution >= 4 is 11.7 Å². The molecule has 1 atom stereocenters. The van der Waals surface area contributed by atoms with E-state index in [2.05, 4.69) is 20.4 Å². The molecule has 0 aliphatic carbocycles. The van der Waals surface area contributed by atoms with E-state index in [0.29, 0.717) is 18.2 Å². The van der Waals surface area contributed by atoms with E-state index in [1.807, 2.05) is 31.2 Å². The number of nitrogens with one attached hydrogen (secondary N) is 1. The summed E-state index contributed by atoms with van der Waals surface area (Å²) in [5, 5.41) is 7.49. The normalized spacial score (nSPS) is 16.2. The Kier molecular flexibility index (Phi) is 3.68. The van der Waals surface area contributed by atoms with E-state index in [1.54, 1.807) is 30.3 Å². The van der Waals surface area contributed by atoms with Crippen LogP contribution in [0.3, 0.4) is 0 Å². The predicted octanol–water partition coefficient (Wildman–Crippen LogP) is 2.45. The first kappa shape index (κ1) is 15.3. The first-order valence-corrected chi connectivity index (χ1v) is 7.98. The number of nitrogens with zero attached hydrogens (tertiary/aromatic N) is 4. The van der Waals surface area contributed by atoms with Crippen LogP contribution >= 0.6 is 0 Å². The van der Waals surface area contributed by atoms with Crippen molar-refractivity contribution in [2.24, 2.45) is 0 Å². The lowest BCUT2D eigenvalue weighted by atomic mass is 9.85. The number of carbonyl (C=O) groups excluding carboxylic acids is 1. The Morgan fingerprint density at radius 1 is 1.20 bits per heavy atom. The molecule has 0 radical (unpaired) electrons. The fourth-order valence-electron chi connectivity index (χ4n) is 3.31. The molecule has 1 aliphatic rings. The third kappa shape index (κ3) is 2.53. The highest BCUT2D eigenvalue weighted by molar-refractivity contribution is 5.95. The Morgan fingerprint density at radius 2 is 1.96 bits per heavy atom. The second-order valence-corrected chi connectivity index (χ2v) is 5.86. The topological polar surface area (TPSA) is 81.9 Å². The van der Waals surface area contributed by atoms with E-state index < -0.39 is 0 Å². The number of methoxy groups -OCH3 is 1. The molecule has 126 valence electrons. The molecule has 7 heteroatoms. The van der Waals surface area contributed by atoms with Gasteiger partial charge in [0, 0.05) is 35.9 Å². The van der Waals surface area contributed by atoms with Crippen molar-refractivity contribution in [2.45, 2.75) is 19.3 Å². The van der Waals surface area contributed by atoms with Crippen molar-refractivity contribution < 1.29 is 9.53 Å². The van der Waals surface area contributed by atoms with Gasteiger partial charge in [-0.25, -0.2) is 9.97 Å². The molecule has 0 fully saturated rings. The van der Waals surface area contributed by atoms with Crippen LogP contribution in [0.4, 0.5) is 5.82 Å². The largest absolute Gasteiger partial charge is 0.496 e. The average molecular weight is 335 g/mol. The van der Waals surface area contributed by atoms with Crippen LogP contribution in [0.15, 0.2) is 42.7 Å². The Morgan fingerprint density at radius 3 is 2.72 bits per heavy atom. The van der Waals surface area contributed by atoms with Gasteiger partial charge in [-0.1, -0.05) is 18.2 Å². The fourth-order valence-corrected chi connectivity index (χ4v) is 3.31. The number of hydrogen-bond acceptors (Lipinski definition) is 5. The van der Waals surface area contributed by atoms with Crippen LogP contribution in [0.1, 0.15) is 29.2 Å². The predicted molar refractivity (Wildman–Crippen MR) is 92.0 cm³/mol. The number of carbonyl (C=O) groups is 1. The highest BCUT2D eigenvalue weighted by Crippen LogP contribution is 2.42. The lowest BCUT2D eigenvalue weighted by Gasteiger charge is -2.25. The summed E-state index contributed by atoms with van der Waals surface area (Å²) in [6.45, 7) is 1.93. The SMILES string of the molecule is COc1ccccc1[C@@H]1CC(=O)Nc2c1c(C)nn2-c1ncccn1. The zero-order chi connectivity index (χ0) is 17.4. The summed E-state index contributed by atoms with van der Waals surface area (Å²) in [4.78, 5) is 20.8. The third-order valence-electron chi connectivity index (χ3n) is 4.36. The molecular formula is C18H17N5O2. The molecule has 1 aliphatic heterocycles. The first-order valence-electron chi connectivity index (χ1n) is 7.98. The van der Waals surface area contributed by atoms with Gasteiger partial charge in [0.1, 0.15) is 11.6 Å². The molecule has 4 rings (SSSR count). The lowest BCUT2D eigenvalue weighted by Crippen LogP contribution is -2.25. The standard InChI is InChI=1S/C18H17N5O2/c1-11-16-13(12-6-3-4-7-14(12)25-2)10-15(24)21-17(16)23(22-11)18-19-8-5-9-20-18/h3-9,13H,10H2,1-2H3,(H,21,24)/t13-/m0/s1. The Bertz CT molecular complexity index is 936. The van der Waals surface area contributed by atoms with Gasteiger partial charge in [0.25, 0.3) is 5.95 Å². The number of ether oxygens (including phenoxy) is 1. The van der Waals surface area contributed by atoms with Crippen molar-refractivity contribution in [2.75, 3.05) is 12.4 Å². The molecule has 1 aromatic carbocycles. The Labute approximate surface area is 144 Å². The van der Waals surface area contributed by atoms with Crippen LogP contribution in [0.5, 0.6) is 5.75 Å². The molecular weight excluding hydrogens is 318 g/mol. The maximum Gasteiger partial charge on any atom is 0.252 e. The second-order valence-electron chi connectivity index (χ2n) is 5.86. The monoisotopic (exact) mass is 335 g/mol. The van der Waals surface area contributed by atoms with Crippen LogP contribution in [0.2, 0.25) is 0 Å². The van der Waals surface area contributed by atoms with Crippen LogP contribution < -0.4 is 10.1 Å². The Hall–Kier alpha value is -3.22. The summed E-state index contributed by atoms with van der Waals surface area (Å²) in [5.41, 5.74) is 2.77. The minimum absolute atomic E-state index is 0.0690. The summed E-state index contributed by atoms with van der Waals surface area (Å²) in [6, 6.07) is 9.50. The minimum atomic E-state index is -0.127. The zero-order valence-corrected chi connectivity index (χ0v) is 13.9. The molecule has 1 N–H and O–H groups in total. The fraction of sp³-hybridized carbons (Fsp3) is 0.222. The summed E-state index contributed by atoms with van der Waals surface area (Å²) in [6.07, 6.45) is 3.64. The van der Waals surface area contributed by atoms with Crippen LogP contribution in [-0.2, 0) is 4.79 Å². The average Bonchev–Trinajstić information content (AvgIpc) is 2.98. The van der Waals surface area contributed by atoms with Crippen molar-refractivity contribution in [3.63, 3.8) is 0 Å². The first-order chi connectivity index (χ1) is 12.2. The van der Waals surface area contributed by atoms with Crippen molar-refractivity contribution in [3.05, 3.63) is 59.5 Å². The minimum Gasteiger partial charge on any atom is -0.496 e. The van der Waals surface area contributed by atoms with Gasteiger partial charge in [0.2, 0.25) is 5.91 Å². The van der Waals surface area contributed by atoms with E-state index in [4.69, 9.17) is 4.74 Å². The number of rotatable bonds is 3. The molecule has 0 bridgehead atoms. The molecule has 2 aromatic heterocycles. The maximum atomic E-state index is 12.4. The molecule has 3 aromatic rings. The zero-order valence-electron chi connectivity index (χ0n) is 13.9. The van der Waals surface area contributed by atoms with E-state index in [-0.39, 0.29) is 11.8 Å². The molecule has 0 spiro atoms. The van der Waals surface area contributed by atoms with Gasteiger partial charge < -0.3 is 10.1 Å². The van der Waals surface area contributed by atoms with Gasteiger partial charge in [-0.15, -0.1) is 0 Å². The second kappa shape index (κ2) is 6.01.